The highest BCUT2D eigenvalue weighted by Gasteiger charge is 2.35. The second-order valence-corrected chi connectivity index (χ2v) is 4.32. The molecule has 1 aromatic carbocycles. The van der Waals surface area contributed by atoms with Crippen molar-refractivity contribution in [3.63, 3.8) is 0 Å². The Morgan fingerprint density at radius 1 is 1.10 bits per heavy atom. The van der Waals surface area contributed by atoms with Crippen molar-refractivity contribution in [3.05, 3.63) is 54.4 Å². The monoisotopic (exact) mass is 294 g/mol. The van der Waals surface area contributed by atoms with Gasteiger partial charge in [-0.1, -0.05) is 0 Å². The van der Waals surface area contributed by atoms with Crippen LogP contribution in [0.1, 0.15) is 5.69 Å². The smallest absolute Gasteiger partial charge is 0.435 e. The standard InChI is InChI=1S/C14H9F3N2O2/c15-14(16,17)13-8-11(12-2-1-7-21-12)19(18-13)9-3-5-10(20)6-4-9/h1-8,20H. The van der Waals surface area contributed by atoms with Crippen LogP contribution in [0, 0.1) is 0 Å². The Kier molecular flexibility index (Phi) is 2.97. The lowest BCUT2D eigenvalue weighted by Gasteiger charge is -2.05. The normalized spacial score (nSPS) is 11.8. The van der Waals surface area contributed by atoms with E-state index in [9.17, 15) is 18.3 Å². The first-order valence-electron chi connectivity index (χ1n) is 5.96. The van der Waals surface area contributed by atoms with Gasteiger partial charge >= 0.3 is 6.18 Å². The maximum Gasteiger partial charge on any atom is 0.435 e. The molecule has 0 aliphatic carbocycles. The van der Waals surface area contributed by atoms with Crippen LogP contribution in [0.4, 0.5) is 13.2 Å². The van der Waals surface area contributed by atoms with E-state index < -0.39 is 11.9 Å². The summed E-state index contributed by atoms with van der Waals surface area (Å²) in [6.07, 6.45) is -3.18. The SMILES string of the molecule is Oc1ccc(-n2nc(C(F)(F)F)cc2-c2ccco2)cc1. The van der Waals surface area contributed by atoms with Crippen LogP contribution in [0.2, 0.25) is 0 Å². The highest BCUT2D eigenvalue weighted by molar-refractivity contribution is 5.57. The van der Waals surface area contributed by atoms with Crippen LogP contribution in [0.3, 0.4) is 0 Å². The van der Waals surface area contributed by atoms with Gasteiger partial charge in [0.15, 0.2) is 11.5 Å². The zero-order valence-corrected chi connectivity index (χ0v) is 10.5. The van der Waals surface area contributed by atoms with E-state index in [1.807, 2.05) is 0 Å². The first-order chi connectivity index (χ1) is 9.95. The van der Waals surface area contributed by atoms with Crippen molar-refractivity contribution >= 4 is 0 Å². The molecule has 2 heterocycles. The van der Waals surface area contributed by atoms with Gasteiger partial charge < -0.3 is 9.52 Å². The molecule has 108 valence electrons. The Balaban J connectivity index is 2.18. The van der Waals surface area contributed by atoms with Crippen molar-refractivity contribution in [2.24, 2.45) is 0 Å². The molecule has 0 bridgehead atoms. The molecule has 0 radical (unpaired) electrons. The minimum absolute atomic E-state index is 0.0153. The molecule has 0 atom stereocenters. The second kappa shape index (κ2) is 4.69. The van der Waals surface area contributed by atoms with Crippen molar-refractivity contribution in [3.8, 4) is 22.9 Å². The number of aromatic hydroxyl groups is 1. The molecule has 3 aromatic rings. The Labute approximate surface area is 117 Å². The Hall–Kier alpha value is -2.70. The van der Waals surface area contributed by atoms with Crippen molar-refractivity contribution in [2.45, 2.75) is 6.18 Å². The first kappa shape index (κ1) is 13.3. The maximum atomic E-state index is 12.9. The molecule has 4 nitrogen and oxygen atoms in total. The van der Waals surface area contributed by atoms with E-state index in [1.54, 1.807) is 12.1 Å². The predicted molar refractivity (Wildman–Crippen MR) is 67.9 cm³/mol. The van der Waals surface area contributed by atoms with Crippen molar-refractivity contribution in [2.75, 3.05) is 0 Å². The summed E-state index contributed by atoms with van der Waals surface area (Å²) < 4.78 is 44.8. The van der Waals surface area contributed by atoms with E-state index >= 15 is 0 Å². The molecule has 0 saturated heterocycles. The van der Waals surface area contributed by atoms with Gasteiger partial charge in [-0.25, -0.2) is 4.68 Å². The van der Waals surface area contributed by atoms with Crippen LogP contribution < -0.4 is 0 Å². The van der Waals surface area contributed by atoms with Crippen LogP contribution in [-0.2, 0) is 6.18 Å². The molecule has 0 amide bonds. The quantitative estimate of drug-likeness (QED) is 0.781. The zero-order valence-electron chi connectivity index (χ0n) is 10.5. The number of nitrogens with zero attached hydrogens (tertiary/aromatic N) is 2. The number of hydrogen-bond acceptors (Lipinski definition) is 3. The van der Waals surface area contributed by atoms with Gasteiger partial charge in [-0.15, -0.1) is 0 Å². The zero-order chi connectivity index (χ0) is 15.0. The Bertz CT molecular complexity index is 744. The molecular weight excluding hydrogens is 285 g/mol. The molecule has 0 fully saturated rings. The van der Waals surface area contributed by atoms with Crippen LogP contribution in [-0.4, -0.2) is 14.9 Å². The summed E-state index contributed by atoms with van der Waals surface area (Å²) in [5, 5.41) is 12.9. The highest BCUT2D eigenvalue weighted by atomic mass is 19.4. The van der Waals surface area contributed by atoms with Crippen LogP contribution in [0.15, 0.2) is 53.1 Å². The third kappa shape index (κ3) is 2.49. The minimum atomic E-state index is -4.55. The largest absolute Gasteiger partial charge is 0.508 e. The van der Waals surface area contributed by atoms with Gasteiger partial charge in [0.2, 0.25) is 0 Å². The number of rotatable bonds is 2. The highest BCUT2D eigenvalue weighted by Crippen LogP contribution is 2.33. The average Bonchev–Trinajstić information content (AvgIpc) is 3.07. The molecule has 1 N–H and O–H groups in total. The van der Waals surface area contributed by atoms with Gasteiger partial charge in [0.05, 0.1) is 12.0 Å². The molecule has 0 unspecified atom stereocenters. The molecule has 0 spiro atoms. The van der Waals surface area contributed by atoms with Crippen molar-refractivity contribution < 1.29 is 22.7 Å². The van der Waals surface area contributed by atoms with Crippen LogP contribution in [0.5, 0.6) is 5.75 Å². The van der Waals surface area contributed by atoms with Crippen LogP contribution in [0.25, 0.3) is 17.1 Å². The van der Waals surface area contributed by atoms with Crippen molar-refractivity contribution in [1.82, 2.24) is 9.78 Å². The topological polar surface area (TPSA) is 51.2 Å². The molecular formula is C14H9F3N2O2. The lowest BCUT2D eigenvalue weighted by Crippen LogP contribution is -2.07. The van der Waals surface area contributed by atoms with Gasteiger partial charge in [0, 0.05) is 6.07 Å². The lowest BCUT2D eigenvalue weighted by atomic mass is 10.2. The molecule has 0 aliphatic rings. The summed E-state index contributed by atoms with van der Waals surface area (Å²) in [5.41, 5.74) is -0.449. The van der Waals surface area contributed by atoms with E-state index in [1.165, 1.54) is 30.5 Å². The molecule has 2 aromatic heterocycles. The van der Waals surface area contributed by atoms with Gasteiger partial charge in [-0.2, -0.15) is 18.3 Å². The number of halogens is 3. The minimum Gasteiger partial charge on any atom is -0.508 e. The lowest BCUT2D eigenvalue weighted by molar-refractivity contribution is -0.141. The van der Waals surface area contributed by atoms with E-state index in [4.69, 9.17) is 4.42 Å². The third-order valence-corrected chi connectivity index (χ3v) is 2.87. The molecule has 7 heteroatoms. The Morgan fingerprint density at radius 3 is 2.38 bits per heavy atom. The van der Waals surface area contributed by atoms with Gasteiger partial charge in [-0.05, 0) is 36.4 Å². The predicted octanol–water partition coefficient (Wildman–Crippen LogP) is 3.86. The maximum absolute atomic E-state index is 12.9. The average molecular weight is 294 g/mol. The number of furan rings is 1. The van der Waals surface area contributed by atoms with Crippen molar-refractivity contribution in [1.29, 1.82) is 0 Å². The fraction of sp³-hybridized carbons (Fsp3) is 0.0714. The fourth-order valence-electron chi connectivity index (χ4n) is 1.91. The summed E-state index contributed by atoms with van der Waals surface area (Å²) >= 11 is 0. The van der Waals surface area contributed by atoms with Gasteiger partial charge in [-0.3, -0.25) is 0 Å². The van der Waals surface area contributed by atoms with E-state index in [2.05, 4.69) is 5.10 Å². The number of benzene rings is 1. The molecule has 0 saturated carbocycles. The third-order valence-electron chi connectivity index (χ3n) is 2.87. The number of aromatic nitrogens is 2. The molecule has 3 rings (SSSR count). The summed E-state index contributed by atoms with van der Waals surface area (Å²) in [4.78, 5) is 0. The molecule has 0 aliphatic heterocycles. The molecule has 21 heavy (non-hydrogen) atoms. The summed E-state index contributed by atoms with van der Waals surface area (Å²) in [6, 6.07) is 9.73. The second-order valence-electron chi connectivity index (χ2n) is 4.32. The number of phenols is 1. The van der Waals surface area contributed by atoms with Gasteiger partial charge in [0.25, 0.3) is 0 Å². The number of phenolic OH excluding ortho intramolecular Hbond substituents is 1. The van der Waals surface area contributed by atoms with Gasteiger partial charge in [0.1, 0.15) is 11.4 Å². The summed E-state index contributed by atoms with van der Waals surface area (Å²) in [6.45, 7) is 0. The first-order valence-corrected chi connectivity index (χ1v) is 5.96. The summed E-state index contributed by atoms with van der Waals surface area (Å²) in [5.74, 6) is 0.285. The van der Waals surface area contributed by atoms with E-state index in [0.29, 0.717) is 5.69 Å². The number of hydrogen-bond donors (Lipinski definition) is 1. The van der Waals surface area contributed by atoms with Crippen LogP contribution >= 0.6 is 0 Å². The number of alkyl halides is 3. The van der Waals surface area contributed by atoms with E-state index in [-0.39, 0.29) is 17.2 Å². The fourth-order valence-corrected chi connectivity index (χ4v) is 1.91. The Morgan fingerprint density at radius 2 is 1.81 bits per heavy atom. The van der Waals surface area contributed by atoms with E-state index in [0.717, 1.165) is 10.7 Å². The summed E-state index contributed by atoms with van der Waals surface area (Å²) in [7, 11) is 0.